The predicted octanol–water partition coefficient (Wildman–Crippen LogP) is 4.47. The van der Waals surface area contributed by atoms with Crippen LogP contribution in [0, 0.1) is 0 Å². The lowest BCUT2D eigenvalue weighted by atomic mass is 10.1. The Bertz CT molecular complexity index is 679. The first kappa shape index (κ1) is 12.3. The topological polar surface area (TPSA) is 25.8 Å². The molecule has 0 unspecified atom stereocenters. The summed E-state index contributed by atoms with van der Waals surface area (Å²) in [5, 5.41) is 2.40. The lowest BCUT2D eigenvalue weighted by Gasteiger charge is -1.99. The standard InChI is InChI=1S/C13H9N.C5H5N/c1-3-7-12-10(5-1)9-11-6-2-4-8-13(11)14-12;1-2-4-6-5-3-1/h1-9H;1-5H. The van der Waals surface area contributed by atoms with E-state index in [-0.39, 0.29) is 0 Å². The van der Waals surface area contributed by atoms with Gasteiger partial charge in [-0.15, -0.1) is 0 Å². The minimum atomic E-state index is 1.06. The SMILES string of the molecule is c1ccc2nc3ccccc3cc2c1.c1ccncc1. The van der Waals surface area contributed by atoms with E-state index in [0.717, 1.165) is 11.0 Å². The molecule has 0 radical (unpaired) electrons. The van der Waals surface area contributed by atoms with E-state index in [4.69, 9.17) is 0 Å². The van der Waals surface area contributed by atoms with Crippen molar-refractivity contribution in [1.29, 1.82) is 0 Å². The lowest BCUT2D eigenvalue weighted by Crippen LogP contribution is -1.80. The average molecular weight is 258 g/mol. The number of pyridine rings is 2. The molecule has 96 valence electrons. The van der Waals surface area contributed by atoms with Crippen molar-refractivity contribution in [3.05, 3.63) is 85.2 Å². The summed E-state index contributed by atoms with van der Waals surface area (Å²) in [4.78, 5) is 8.36. The smallest absolute Gasteiger partial charge is 0.0709 e. The van der Waals surface area contributed by atoms with Crippen molar-refractivity contribution >= 4 is 21.8 Å². The van der Waals surface area contributed by atoms with Gasteiger partial charge in [0.05, 0.1) is 11.0 Å². The van der Waals surface area contributed by atoms with Crippen molar-refractivity contribution in [3.63, 3.8) is 0 Å². The van der Waals surface area contributed by atoms with Crippen LogP contribution in [0.1, 0.15) is 0 Å². The second-order valence-electron chi connectivity index (χ2n) is 4.40. The molecular formula is C18H14N2. The Morgan fingerprint density at radius 1 is 0.550 bits per heavy atom. The molecule has 2 heteroatoms. The first-order chi connectivity index (χ1) is 9.93. The van der Waals surface area contributed by atoms with Crippen LogP contribution < -0.4 is 0 Å². The Hall–Kier alpha value is -2.74. The van der Waals surface area contributed by atoms with Crippen LogP contribution in [0.3, 0.4) is 0 Å². The Labute approximate surface area is 117 Å². The summed E-state index contributed by atoms with van der Waals surface area (Å²) in [6, 6.07) is 24.3. The number of hydrogen-bond acceptors (Lipinski definition) is 2. The molecule has 4 aromatic rings. The minimum Gasteiger partial charge on any atom is -0.265 e. The molecule has 0 saturated heterocycles. The molecule has 0 atom stereocenters. The number of benzene rings is 2. The van der Waals surface area contributed by atoms with Crippen molar-refractivity contribution in [2.75, 3.05) is 0 Å². The zero-order valence-corrected chi connectivity index (χ0v) is 11.0. The molecule has 0 N–H and O–H groups in total. The second-order valence-corrected chi connectivity index (χ2v) is 4.40. The van der Waals surface area contributed by atoms with Gasteiger partial charge in [-0.2, -0.15) is 0 Å². The van der Waals surface area contributed by atoms with Crippen molar-refractivity contribution in [2.24, 2.45) is 0 Å². The van der Waals surface area contributed by atoms with E-state index in [1.54, 1.807) is 12.4 Å². The maximum atomic E-state index is 4.58. The number of rotatable bonds is 0. The van der Waals surface area contributed by atoms with Crippen LogP contribution in [-0.4, -0.2) is 9.97 Å². The third-order valence-electron chi connectivity index (χ3n) is 2.99. The lowest BCUT2D eigenvalue weighted by molar-refractivity contribution is 1.33. The van der Waals surface area contributed by atoms with Gasteiger partial charge in [-0.05, 0) is 30.3 Å². The number of fused-ring (bicyclic) bond motifs is 2. The van der Waals surface area contributed by atoms with E-state index in [0.29, 0.717) is 0 Å². The first-order valence-corrected chi connectivity index (χ1v) is 6.53. The van der Waals surface area contributed by atoms with Crippen LogP contribution in [0.15, 0.2) is 85.2 Å². The normalized spacial score (nSPS) is 10.0. The molecule has 0 bridgehead atoms. The highest BCUT2D eigenvalue weighted by Crippen LogP contribution is 2.18. The van der Waals surface area contributed by atoms with Crippen LogP contribution in [0.4, 0.5) is 0 Å². The van der Waals surface area contributed by atoms with E-state index in [1.165, 1.54) is 10.8 Å². The highest BCUT2D eigenvalue weighted by molar-refractivity contribution is 5.92. The number of para-hydroxylation sites is 2. The maximum Gasteiger partial charge on any atom is 0.0709 e. The highest BCUT2D eigenvalue weighted by Gasteiger charge is 1.96. The number of aromatic nitrogens is 2. The molecule has 2 aromatic heterocycles. The molecule has 4 rings (SSSR count). The zero-order chi connectivity index (χ0) is 13.6. The predicted molar refractivity (Wildman–Crippen MR) is 83.5 cm³/mol. The molecular weight excluding hydrogens is 244 g/mol. The summed E-state index contributed by atoms with van der Waals surface area (Å²) in [6.45, 7) is 0. The highest BCUT2D eigenvalue weighted by atomic mass is 14.7. The molecule has 0 fully saturated rings. The molecule has 0 amide bonds. The van der Waals surface area contributed by atoms with Crippen LogP contribution in [0.25, 0.3) is 21.8 Å². The zero-order valence-electron chi connectivity index (χ0n) is 11.0. The number of hydrogen-bond donors (Lipinski definition) is 0. The third-order valence-corrected chi connectivity index (χ3v) is 2.99. The molecule has 0 aliphatic heterocycles. The van der Waals surface area contributed by atoms with Crippen molar-refractivity contribution in [3.8, 4) is 0 Å². The van der Waals surface area contributed by atoms with Crippen LogP contribution >= 0.6 is 0 Å². The van der Waals surface area contributed by atoms with Crippen LogP contribution in [-0.2, 0) is 0 Å². The van der Waals surface area contributed by atoms with E-state index >= 15 is 0 Å². The van der Waals surface area contributed by atoms with Gasteiger partial charge in [-0.3, -0.25) is 4.98 Å². The average Bonchev–Trinajstić information content (AvgIpc) is 2.55. The van der Waals surface area contributed by atoms with Crippen molar-refractivity contribution in [1.82, 2.24) is 9.97 Å². The summed E-state index contributed by atoms with van der Waals surface area (Å²) >= 11 is 0. The van der Waals surface area contributed by atoms with Gasteiger partial charge in [-0.1, -0.05) is 42.5 Å². The van der Waals surface area contributed by atoms with Crippen LogP contribution in [0.5, 0.6) is 0 Å². The fourth-order valence-corrected chi connectivity index (χ4v) is 2.03. The first-order valence-electron chi connectivity index (χ1n) is 6.53. The second kappa shape index (κ2) is 5.93. The Morgan fingerprint density at radius 3 is 1.55 bits per heavy atom. The quantitative estimate of drug-likeness (QED) is 0.435. The third kappa shape index (κ3) is 2.81. The molecule has 2 aromatic carbocycles. The van der Waals surface area contributed by atoms with Gasteiger partial charge in [0.1, 0.15) is 0 Å². The summed E-state index contributed by atoms with van der Waals surface area (Å²) in [6.07, 6.45) is 3.50. The molecule has 2 nitrogen and oxygen atoms in total. The fraction of sp³-hybridized carbons (Fsp3) is 0. The largest absolute Gasteiger partial charge is 0.265 e. The van der Waals surface area contributed by atoms with Gasteiger partial charge < -0.3 is 0 Å². The maximum absolute atomic E-state index is 4.58. The monoisotopic (exact) mass is 258 g/mol. The van der Waals surface area contributed by atoms with E-state index in [2.05, 4.69) is 28.2 Å². The van der Waals surface area contributed by atoms with E-state index in [1.807, 2.05) is 54.6 Å². The summed E-state index contributed by atoms with van der Waals surface area (Å²) < 4.78 is 0. The molecule has 0 saturated carbocycles. The molecule has 0 spiro atoms. The molecule has 0 aliphatic rings. The number of nitrogens with zero attached hydrogens (tertiary/aromatic N) is 2. The van der Waals surface area contributed by atoms with Gasteiger partial charge in [-0.25, -0.2) is 4.98 Å². The Kier molecular flexibility index (Phi) is 3.65. The van der Waals surface area contributed by atoms with Gasteiger partial charge in [0.15, 0.2) is 0 Å². The fourth-order valence-electron chi connectivity index (χ4n) is 2.03. The van der Waals surface area contributed by atoms with Gasteiger partial charge >= 0.3 is 0 Å². The minimum absolute atomic E-state index is 1.06. The van der Waals surface area contributed by atoms with Crippen LogP contribution in [0.2, 0.25) is 0 Å². The van der Waals surface area contributed by atoms with E-state index < -0.39 is 0 Å². The van der Waals surface area contributed by atoms with Gasteiger partial charge in [0, 0.05) is 23.2 Å². The summed E-state index contributed by atoms with van der Waals surface area (Å²) in [5.41, 5.74) is 2.12. The van der Waals surface area contributed by atoms with Gasteiger partial charge in [0.25, 0.3) is 0 Å². The molecule has 0 aliphatic carbocycles. The summed E-state index contributed by atoms with van der Waals surface area (Å²) in [5.74, 6) is 0. The van der Waals surface area contributed by atoms with Crippen molar-refractivity contribution in [2.45, 2.75) is 0 Å². The summed E-state index contributed by atoms with van der Waals surface area (Å²) in [7, 11) is 0. The molecule has 2 heterocycles. The molecule has 20 heavy (non-hydrogen) atoms. The Morgan fingerprint density at radius 2 is 1.10 bits per heavy atom. The van der Waals surface area contributed by atoms with E-state index in [9.17, 15) is 0 Å². The van der Waals surface area contributed by atoms with Gasteiger partial charge in [0.2, 0.25) is 0 Å². The van der Waals surface area contributed by atoms with Crippen molar-refractivity contribution < 1.29 is 0 Å². The Balaban J connectivity index is 0.000000170.